The topological polar surface area (TPSA) is 77.6 Å². The Balaban J connectivity index is 1.83. The van der Waals surface area contributed by atoms with Gasteiger partial charge >= 0.3 is 0 Å². The fourth-order valence-corrected chi connectivity index (χ4v) is 2.90. The number of fused-ring (bicyclic) bond motifs is 2. The van der Waals surface area contributed by atoms with Crippen LogP contribution in [0, 0.1) is 11.3 Å². The number of nitrogens with one attached hydrogen (secondary N) is 1. The van der Waals surface area contributed by atoms with Crippen LogP contribution in [0.3, 0.4) is 0 Å². The summed E-state index contributed by atoms with van der Waals surface area (Å²) in [7, 11) is 0. The lowest BCUT2D eigenvalue weighted by Crippen LogP contribution is -2.34. The van der Waals surface area contributed by atoms with E-state index in [1.165, 1.54) is 0 Å². The van der Waals surface area contributed by atoms with Crippen LogP contribution in [0.15, 0.2) is 52.7 Å². The first-order valence-electron chi connectivity index (χ1n) is 8.51. The van der Waals surface area contributed by atoms with E-state index in [-0.39, 0.29) is 11.9 Å². The van der Waals surface area contributed by atoms with E-state index in [0.29, 0.717) is 12.0 Å². The molecule has 0 aromatic heterocycles. The van der Waals surface area contributed by atoms with Crippen molar-refractivity contribution in [1.82, 2.24) is 5.32 Å². The first-order chi connectivity index (χ1) is 12.2. The number of rotatable bonds is 4. The summed E-state index contributed by atoms with van der Waals surface area (Å²) in [5.74, 6) is -0.149. The summed E-state index contributed by atoms with van der Waals surface area (Å²) in [5.41, 5.74) is 4.47. The van der Waals surface area contributed by atoms with Crippen LogP contribution < -0.4 is 5.32 Å². The number of carbonyl (C=O) groups excluding carboxylic acids is 1. The molecule has 0 bridgehead atoms. The van der Waals surface area contributed by atoms with Gasteiger partial charge in [-0.3, -0.25) is 4.79 Å². The molecule has 2 aromatic rings. The molecule has 0 fully saturated rings. The van der Waals surface area contributed by atoms with Crippen molar-refractivity contribution in [2.75, 3.05) is 0 Å². The standard InChI is InChI=1S/C20H20N4O/c1-2-17(11-12-21)22-20(25)16-9-10-19-15(13-16)8-7-14-5-3-4-6-18(14)23-24-19/h3-6,9-10,13,17H,2,7-8,11H2,1H3,(H,22,25). The minimum absolute atomic E-state index is 0.119. The Bertz CT molecular complexity index is 851. The Morgan fingerprint density at radius 1 is 1.16 bits per heavy atom. The van der Waals surface area contributed by atoms with Gasteiger partial charge in [0.05, 0.1) is 23.9 Å². The second kappa shape index (κ2) is 7.71. The van der Waals surface area contributed by atoms with Gasteiger partial charge in [-0.25, -0.2) is 0 Å². The number of nitrogens with zero attached hydrogens (tertiary/aromatic N) is 3. The first-order valence-corrected chi connectivity index (χ1v) is 8.51. The predicted molar refractivity (Wildman–Crippen MR) is 96.2 cm³/mol. The van der Waals surface area contributed by atoms with Crippen molar-refractivity contribution in [2.24, 2.45) is 10.2 Å². The molecule has 1 atom stereocenters. The number of hydrogen-bond acceptors (Lipinski definition) is 4. The molecule has 126 valence electrons. The van der Waals surface area contributed by atoms with E-state index in [1.807, 2.05) is 37.3 Å². The molecule has 0 spiro atoms. The Morgan fingerprint density at radius 3 is 2.64 bits per heavy atom. The molecule has 5 nitrogen and oxygen atoms in total. The SMILES string of the molecule is CCC(CC#N)NC(=O)c1ccc2c(c1)CCc1ccccc1N=N2. The van der Waals surface area contributed by atoms with Crippen LogP contribution in [0.4, 0.5) is 11.4 Å². The number of nitriles is 1. The van der Waals surface area contributed by atoms with Crippen LogP contribution in [0.25, 0.3) is 0 Å². The molecule has 1 amide bonds. The van der Waals surface area contributed by atoms with Crippen LogP contribution in [0.1, 0.15) is 41.3 Å². The number of amides is 1. The van der Waals surface area contributed by atoms with E-state index >= 15 is 0 Å². The van der Waals surface area contributed by atoms with Gasteiger partial charge in [-0.05, 0) is 54.7 Å². The van der Waals surface area contributed by atoms with Gasteiger partial charge in [0.1, 0.15) is 0 Å². The lowest BCUT2D eigenvalue weighted by Gasteiger charge is -2.15. The van der Waals surface area contributed by atoms with E-state index in [1.54, 1.807) is 6.07 Å². The number of aryl methyl sites for hydroxylation is 2. The fourth-order valence-electron chi connectivity index (χ4n) is 2.90. The van der Waals surface area contributed by atoms with Crippen molar-refractivity contribution < 1.29 is 4.79 Å². The van der Waals surface area contributed by atoms with Gasteiger partial charge < -0.3 is 5.32 Å². The fraction of sp³-hybridized carbons (Fsp3) is 0.300. The lowest BCUT2D eigenvalue weighted by molar-refractivity contribution is 0.0936. The number of benzene rings is 2. The van der Waals surface area contributed by atoms with Crippen molar-refractivity contribution in [3.05, 3.63) is 59.2 Å². The summed E-state index contributed by atoms with van der Waals surface area (Å²) >= 11 is 0. The Labute approximate surface area is 147 Å². The molecule has 1 aliphatic rings. The third-order valence-corrected chi connectivity index (χ3v) is 4.43. The third kappa shape index (κ3) is 3.92. The zero-order chi connectivity index (χ0) is 17.6. The van der Waals surface area contributed by atoms with E-state index in [0.717, 1.165) is 41.8 Å². The maximum atomic E-state index is 12.5. The van der Waals surface area contributed by atoms with Crippen molar-refractivity contribution in [3.63, 3.8) is 0 Å². The molecular formula is C20H20N4O. The maximum Gasteiger partial charge on any atom is 0.251 e. The zero-order valence-electron chi connectivity index (χ0n) is 14.2. The second-order valence-electron chi connectivity index (χ2n) is 6.11. The largest absolute Gasteiger partial charge is 0.348 e. The summed E-state index contributed by atoms with van der Waals surface area (Å²) in [6.07, 6.45) is 2.72. The van der Waals surface area contributed by atoms with Gasteiger partial charge in [0, 0.05) is 11.6 Å². The number of carbonyl (C=O) groups is 1. The van der Waals surface area contributed by atoms with Crippen molar-refractivity contribution in [1.29, 1.82) is 5.26 Å². The van der Waals surface area contributed by atoms with Gasteiger partial charge in [0.15, 0.2) is 0 Å². The van der Waals surface area contributed by atoms with Gasteiger partial charge in [-0.2, -0.15) is 15.5 Å². The second-order valence-corrected chi connectivity index (χ2v) is 6.11. The smallest absolute Gasteiger partial charge is 0.251 e. The normalized spacial score (nSPS) is 13.6. The van der Waals surface area contributed by atoms with E-state index < -0.39 is 0 Å². The average Bonchev–Trinajstić information content (AvgIpc) is 2.63. The summed E-state index contributed by atoms with van der Waals surface area (Å²) in [5, 5.41) is 20.4. The number of hydrogen-bond donors (Lipinski definition) is 1. The molecule has 0 saturated carbocycles. The molecule has 1 unspecified atom stereocenters. The number of azo groups is 1. The van der Waals surface area contributed by atoms with Crippen LogP contribution >= 0.6 is 0 Å². The van der Waals surface area contributed by atoms with Gasteiger partial charge in [-0.1, -0.05) is 25.1 Å². The summed E-state index contributed by atoms with van der Waals surface area (Å²) in [4.78, 5) is 12.5. The highest BCUT2D eigenvalue weighted by molar-refractivity contribution is 5.95. The first kappa shape index (κ1) is 16.8. The quantitative estimate of drug-likeness (QED) is 0.886. The molecule has 3 rings (SSSR count). The minimum atomic E-state index is -0.149. The molecular weight excluding hydrogens is 312 g/mol. The molecule has 1 aliphatic heterocycles. The molecule has 0 aliphatic carbocycles. The van der Waals surface area contributed by atoms with Crippen molar-refractivity contribution in [3.8, 4) is 6.07 Å². The highest BCUT2D eigenvalue weighted by Gasteiger charge is 2.15. The van der Waals surface area contributed by atoms with Crippen molar-refractivity contribution >= 4 is 17.3 Å². The van der Waals surface area contributed by atoms with Crippen LogP contribution in [-0.4, -0.2) is 11.9 Å². The van der Waals surface area contributed by atoms with Crippen LogP contribution in [0.2, 0.25) is 0 Å². The molecule has 25 heavy (non-hydrogen) atoms. The summed E-state index contributed by atoms with van der Waals surface area (Å²) in [6.45, 7) is 1.96. The Hall–Kier alpha value is -3.00. The van der Waals surface area contributed by atoms with E-state index in [4.69, 9.17) is 5.26 Å². The van der Waals surface area contributed by atoms with Gasteiger partial charge in [-0.15, -0.1) is 0 Å². The van der Waals surface area contributed by atoms with Gasteiger partial charge in [0.2, 0.25) is 0 Å². The van der Waals surface area contributed by atoms with E-state index in [9.17, 15) is 4.79 Å². The predicted octanol–water partition coefficient (Wildman–Crippen LogP) is 4.62. The average molecular weight is 332 g/mol. The third-order valence-electron chi connectivity index (χ3n) is 4.43. The monoisotopic (exact) mass is 332 g/mol. The van der Waals surface area contributed by atoms with Crippen molar-refractivity contribution in [2.45, 2.75) is 38.6 Å². The highest BCUT2D eigenvalue weighted by Crippen LogP contribution is 2.30. The molecule has 0 radical (unpaired) electrons. The van der Waals surface area contributed by atoms with Crippen LogP contribution in [-0.2, 0) is 12.8 Å². The Kier molecular flexibility index (Phi) is 5.20. The maximum absolute atomic E-state index is 12.5. The summed E-state index contributed by atoms with van der Waals surface area (Å²) < 4.78 is 0. The van der Waals surface area contributed by atoms with Crippen LogP contribution in [0.5, 0.6) is 0 Å². The van der Waals surface area contributed by atoms with E-state index in [2.05, 4.69) is 27.7 Å². The summed E-state index contributed by atoms with van der Waals surface area (Å²) in [6, 6.07) is 15.5. The molecule has 5 heteroatoms. The molecule has 1 N–H and O–H groups in total. The van der Waals surface area contributed by atoms with Gasteiger partial charge in [0.25, 0.3) is 5.91 Å². The molecule has 1 heterocycles. The molecule has 0 saturated heterocycles. The zero-order valence-corrected chi connectivity index (χ0v) is 14.2. The lowest BCUT2D eigenvalue weighted by atomic mass is 9.99. The molecule has 2 aromatic carbocycles. The minimum Gasteiger partial charge on any atom is -0.348 e. The Morgan fingerprint density at radius 2 is 1.88 bits per heavy atom. The highest BCUT2D eigenvalue weighted by atomic mass is 16.1.